The third-order valence-electron chi connectivity index (χ3n) is 3.78. The van der Waals surface area contributed by atoms with E-state index < -0.39 is 10.8 Å². The highest BCUT2D eigenvalue weighted by molar-refractivity contribution is 7.88. The zero-order valence-corrected chi connectivity index (χ0v) is 14.3. The van der Waals surface area contributed by atoms with Gasteiger partial charge in [0.2, 0.25) is 0 Å². The Labute approximate surface area is 126 Å². The smallest absolute Gasteiger partial charge is 0.0501 e. The third-order valence-corrected chi connectivity index (χ3v) is 4.83. The SMILES string of the molecule is C=C(C)[C@@H]1CCCN1C(=C)C(=C(C)C)/C(=C\C)[S@@](C)=O. The average Bonchev–Trinajstić information content (AvgIpc) is 2.83. The minimum absolute atomic E-state index is 0.361. The molecule has 0 aromatic carbocycles. The number of hydrogen-bond donors (Lipinski definition) is 0. The van der Waals surface area contributed by atoms with Crippen molar-refractivity contribution in [2.75, 3.05) is 12.8 Å². The molecule has 2 atom stereocenters. The van der Waals surface area contributed by atoms with Crippen molar-refractivity contribution in [3.05, 3.63) is 46.6 Å². The van der Waals surface area contributed by atoms with Crippen molar-refractivity contribution in [3.8, 4) is 0 Å². The van der Waals surface area contributed by atoms with E-state index in [4.69, 9.17) is 0 Å². The van der Waals surface area contributed by atoms with Crippen LogP contribution in [-0.2, 0) is 10.8 Å². The Morgan fingerprint density at radius 1 is 1.30 bits per heavy atom. The Kier molecular flexibility index (Phi) is 6.00. The van der Waals surface area contributed by atoms with Gasteiger partial charge in [0.05, 0.1) is 10.8 Å². The van der Waals surface area contributed by atoms with Crippen LogP contribution in [0.5, 0.6) is 0 Å². The summed E-state index contributed by atoms with van der Waals surface area (Å²) in [6.07, 6.45) is 5.96. The molecule has 1 saturated heterocycles. The number of likely N-dealkylation sites (tertiary alicyclic amines) is 1. The van der Waals surface area contributed by atoms with Gasteiger partial charge in [-0.25, -0.2) is 0 Å². The second kappa shape index (κ2) is 7.07. The Balaban J connectivity index is 3.18. The van der Waals surface area contributed by atoms with Gasteiger partial charge < -0.3 is 4.90 Å². The molecule has 0 aromatic rings. The summed E-state index contributed by atoms with van der Waals surface area (Å²) >= 11 is 0. The van der Waals surface area contributed by atoms with Crippen LogP contribution in [0.25, 0.3) is 0 Å². The Morgan fingerprint density at radius 3 is 2.30 bits per heavy atom. The second-order valence-corrected chi connectivity index (χ2v) is 6.97. The highest BCUT2D eigenvalue weighted by Crippen LogP contribution is 2.33. The van der Waals surface area contributed by atoms with Crippen LogP contribution in [0.3, 0.4) is 0 Å². The molecule has 1 rings (SSSR count). The van der Waals surface area contributed by atoms with Gasteiger partial charge >= 0.3 is 0 Å². The summed E-state index contributed by atoms with van der Waals surface area (Å²) in [6, 6.07) is 0.361. The van der Waals surface area contributed by atoms with Crippen molar-refractivity contribution in [1.29, 1.82) is 0 Å². The summed E-state index contributed by atoms with van der Waals surface area (Å²) in [6.45, 7) is 17.5. The van der Waals surface area contributed by atoms with Crippen LogP contribution in [0.4, 0.5) is 0 Å². The van der Waals surface area contributed by atoms with Crippen molar-refractivity contribution in [2.24, 2.45) is 0 Å². The average molecular weight is 293 g/mol. The molecule has 0 unspecified atom stereocenters. The van der Waals surface area contributed by atoms with Crippen LogP contribution in [0.15, 0.2) is 46.6 Å². The summed E-state index contributed by atoms with van der Waals surface area (Å²) in [7, 11) is -1.00. The lowest BCUT2D eigenvalue weighted by Crippen LogP contribution is -2.30. The highest BCUT2D eigenvalue weighted by Gasteiger charge is 2.28. The summed E-state index contributed by atoms with van der Waals surface area (Å²) in [5.41, 5.74) is 4.36. The van der Waals surface area contributed by atoms with Gasteiger partial charge in [-0.1, -0.05) is 30.4 Å². The monoisotopic (exact) mass is 293 g/mol. The highest BCUT2D eigenvalue weighted by atomic mass is 32.2. The number of hydrogen-bond acceptors (Lipinski definition) is 2. The van der Waals surface area contributed by atoms with Gasteiger partial charge in [0.25, 0.3) is 0 Å². The van der Waals surface area contributed by atoms with Crippen molar-refractivity contribution < 1.29 is 4.21 Å². The summed E-state index contributed by atoms with van der Waals surface area (Å²) in [5.74, 6) is 0. The Bertz CT molecular complexity index is 495. The normalized spacial score (nSPS) is 20.8. The van der Waals surface area contributed by atoms with E-state index in [1.807, 2.05) is 13.0 Å². The van der Waals surface area contributed by atoms with Crippen LogP contribution in [0.1, 0.15) is 40.5 Å². The molecule has 0 amide bonds. The van der Waals surface area contributed by atoms with E-state index in [0.29, 0.717) is 6.04 Å². The van der Waals surface area contributed by atoms with Gasteiger partial charge in [0.1, 0.15) is 0 Å². The number of allylic oxidation sites excluding steroid dienone is 3. The molecule has 0 aromatic heterocycles. The summed E-state index contributed by atoms with van der Waals surface area (Å²) in [5, 5.41) is 0. The molecule has 20 heavy (non-hydrogen) atoms. The first-order valence-electron chi connectivity index (χ1n) is 7.10. The summed E-state index contributed by atoms with van der Waals surface area (Å²) < 4.78 is 12.0. The lowest BCUT2D eigenvalue weighted by molar-refractivity contribution is 0.363. The Hall–Kier alpha value is -1.09. The lowest BCUT2D eigenvalue weighted by atomic mass is 10.0. The molecule has 0 bridgehead atoms. The molecular formula is C17H27NOS. The minimum atomic E-state index is -1.00. The maximum Gasteiger partial charge on any atom is 0.0501 e. The molecule has 0 spiro atoms. The fraction of sp³-hybridized carbons (Fsp3) is 0.529. The minimum Gasteiger partial charge on any atom is -0.365 e. The van der Waals surface area contributed by atoms with Crippen LogP contribution < -0.4 is 0 Å². The van der Waals surface area contributed by atoms with Crippen LogP contribution in [-0.4, -0.2) is 28.0 Å². The molecule has 0 radical (unpaired) electrons. The molecule has 0 aliphatic carbocycles. The fourth-order valence-corrected chi connectivity index (χ4v) is 3.82. The zero-order valence-electron chi connectivity index (χ0n) is 13.5. The maximum absolute atomic E-state index is 12.0. The van der Waals surface area contributed by atoms with E-state index in [1.54, 1.807) is 6.26 Å². The van der Waals surface area contributed by atoms with Crippen molar-refractivity contribution >= 4 is 10.8 Å². The molecule has 2 nitrogen and oxygen atoms in total. The first-order valence-corrected chi connectivity index (χ1v) is 8.66. The van der Waals surface area contributed by atoms with Gasteiger partial charge in [0, 0.05) is 35.0 Å². The first-order chi connectivity index (χ1) is 9.31. The van der Waals surface area contributed by atoms with Gasteiger partial charge in [-0.2, -0.15) is 0 Å². The van der Waals surface area contributed by atoms with Crippen molar-refractivity contribution in [3.63, 3.8) is 0 Å². The molecule has 1 heterocycles. The van der Waals surface area contributed by atoms with Gasteiger partial charge in [-0.05, 0) is 40.5 Å². The molecule has 0 N–H and O–H groups in total. The third kappa shape index (κ3) is 3.51. The first kappa shape index (κ1) is 17.0. The molecule has 1 fully saturated rings. The molecular weight excluding hydrogens is 266 g/mol. The number of rotatable bonds is 5. The van der Waals surface area contributed by atoms with E-state index in [0.717, 1.165) is 41.1 Å². The van der Waals surface area contributed by atoms with Gasteiger partial charge in [0.15, 0.2) is 0 Å². The van der Waals surface area contributed by atoms with E-state index in [9.17, 15) is 4.21 Å². The quantitative estimate of drug-likeness (QED) is 0.560. The van der Waals surface area contributed by atoms with E-state index in [2.05, 4.69) is 38.8 Å². The maximum atomic E-state index is 12.0. The molecule has 112 valence electrons. The fourth-order valence-electron chi connectivity index (χ4n) is 2.88. The Morgan fingerprint density at radius 2 is 1.90 bits per heavy atom. The predicted octanol–water partition coefficient (Wildman–Crippen LogP) is 4.16. The van der Waals surface area contributed by atoms with Crippen molar-refractivity contribution in [2.45, 2.75) is 46.6 Å². The van der Waals surface area contributed by atoms with E-state index >= 15 is 0 Å². The lowest BCUT2D eigenvalue weighted by Gasteiger charge is -2.31. The zero-order chi connectivity index (χ0) is 15.4. The van der Waals surface area contributed by atoms with Crippen molar-refractivity contribution in [1.82, 2.24) is 4.90 Å². The standard InChI is InChI=1S/C17H27NOS/c1-8-16(20(7)19)17(13(4)5)14(6)18-11-9-10-15(18)12(2)3/h8,15H,2,6,9-11H2,1,3-5,7H3/b16-8+/t15-,20+/m0/s1. The van der Waals surface area contributed by atoms with Crippen LogP contribution >= 0.6 is 0 Å². The predicted molar refractivity (Wildman–Crippen MR) is 89.9 cm³/mol. The summed E-state index contributed by atoms with van der Waals surface area (Å²) in [4.78, 5) is 3.20. The van der Waals surface area contributed by atoms with E-state index in [-0.39, 0.29) is 0 Å². The van der Waals surface area contributed by atoms with Crippen LogP contribution in [0, 0.1) is 0 Å². The second-order valence-electron chi connectivity index (χ2n) is 5.63. The number of nitrogens with zero attached hydrogens (tertiary/aromatic N) is 1. The molecule has 1 aliphatic heterocycles. The van der Waals surface area contributed by atoms with Gasteiger partial charge in [-0.3, -0.25) is 4.21 Å². The largest absolute Gasteiger partial charge is 0.365 e. The molecule has 1 aliphatic rings. The van der Waals surface area contributed by atoms with Gasteiger partial charge in [-0.15, -0.1) is 0 Å². The van der Waals surface area contributed by atoms with E-state index in [1.165, 1.54) is 5.57 Å². The topological polar surface area (TPSA) is 20.3 Å². The molecule has 3 heteroatoms. The molecule has 0 saturated carbocycles. The van der Waals surface area contributed by atoms with Crippen LogP contribution in [0.2, 0.25) is 0 Å².